The van der Waals surface area contributed by atoms with Crippen molar-refractivity contribution in [1.82, 2.24) is 0 Å². The van der Waals surface area contributed by atoms with E-state index in [1.54, 1.807) is 11.8 Å². The summed E-state index contributed by atoms with van der Waals surface area (Å²) >= 11 is 1.68. The van der Waals surface area contributed by atoms with Crippen LogP contribution in [0.2, 0.25) is 0 Å². The summed E-state index contributed by atoms with van der Waals surface area (Å²) in [7, 11) is 0. The number of allylic oxidation sites excluding steroid dienone is 10. The molecule has 0 aromatic heterocycles. The maximum Gasteiger partial charge on any atom is 0.339 e. The van der Waals surface area contributed by atoms with Gasteiger partial charge in [-0.05, 0) is 94.1 Å². The van der Waals surface area contributed by atoms with E-state index in [0.29, 0.717) is 12.8 Å². The molecule has 0 heterocycles. The van der Waals surface area contributed by atoms with E-state index in [0.717, 1.165) is 57.1 Å². The van der Waals surface area contributed by atoms with Crippen LogP contribution in [0, 0.1) is 11.8 Å². The van der Waals surface area contributed by atoms with E-state index < -0.39 is 11.9 Å². The molecular weight excluding hydrogens is 582 g/mol. The fourth-order valence-electron chi connectivity index (χ4n) is 4.65. The lowest BCUT2D eigenvalue weighted by Crippen LogP contribution is -2.29. The number of hydrogen-bond acceptors (Lipinski definition) is 5. The Kier molecular flexibility index (Phi) is 22.0. The Balaban J connectivity index is 2.37. The summed E-state index contributed by atoms with van der Waals surface area (Å²) in [6.45, 7) is 8.17. The Labute approximate surface area is 275 Å². The molecule has 0 saturated heterocycles. The molecule has 0 aliphatic rings. The van der Waals surface area contributed by atoms with Crippen molar-refractivity contribution in [2.45, 2.75) is 104 Å². The number of thioether (sulfide) groups is 1. The number of nitrogens with one attached hydrogen (secondary N) is 1. The van der Waals surface area contributed by atoms with Crippen LogP contribution in [0.1, 0.15) is 109 Å². The topological polar surface area (TPSA) is 104 Å². The van der Waals surface area contributed by atoms with Gasteiger partial charge in [0.1, 0.15) is 17.1 Å². The van der Waals surface area contributed by atoms with Crippen molar-refractivity contribution in [3.05, 3.63) is 84.5 Å². The van der Waals surface area contributed by atoms with E-state index >= 15 is 0 Å². The van der Waals surface area contributed by atoms with E-state index in [2.05, 4.69) is 73.0 Å². The number of unbranched alkanes of at least 4 members (excludes halogenated alkanes) is 2. The van der Waals surface area contributed by atoms with Crippen molar-refractivity contribution in [3.8, 4) is 5.75 Å². The molecule has 0 fully saturated rings. The molecule has 0 aliphatic heterocycles. The van der Waals surface area contributed by atoms with Gasteiger partial charge in [0.25, 0.3) is 0 Å². The minimum absolute atomic E-state index is 0.0815. The lowest BCUT2D eigenvalue weighted by atomic mass is 9.90. The van der Waals surface area contributed by atoms with Crippen LogP contribution in [0.3, 0.4) is 0 Å². The number of anilines is 1. The summed E-state index contributed by atoms with van der Waals surface area (Å²) in [5, 5.41) is 21.6. The van der Waals surface area contributed by atoms with Gasteiger partial charge < -0.3 is 15.5 Å². The van der Waals surface area contributed by atoms with Crippen LogP contribution in [-0.4, -0.2) is 38.9 Å². The number of rotatable bonds is 24. The van der Waals surface area contributed by atoms with Crippen LogP contribution >= 0.6 is 11.8 Å². The lowest BCUT2D eigenvalue weighted by molar-refractivity contribution is -0.126. The minimum atomic E-state index is -1.28. The minimum Gasteiger partial charge on any atom is -0.507 e. The first-order chi connectivity index (χ1) is 21.7. The molecule has 1 aromatic rings. The maximum absolute atomic E-state index is 13.2. The first-order valence-electron chi connectivity index (χ1n) is 16.5. The number of carbonyl (C=O) groups excluding carboxylic acids is 2. The van der Waals surface area contributed by atoms with Gasteiger partial charge in [0.2, 0.25) is 5.91 Å². The summed E-state index contributed by atoms with van der Waals surface area (Å²) in [6.07, 6.45) is 31.6. The van der Waals surface area contributed by atoms with E-state index in [1.807, 2.05) is 20.8 Å². The highest BCUT2D eigenvalue weighted by Crippen LogP contribution is 2.26. The average molecular weight is 638 g/mol. The number of phenols is 1. The van der Waals surface area contributed by atoms with Gasteiger partial charge in [-0.1, -0.05) is 88.5 Å². The molecule has 0 bridgehead atoms. The molecule has 0 aliphatic carbocycles. The molecule has 0 saturated carbocycles. The number of carboxylic acids is 1. The second-order valence-electron chi connectivity index (χ2n) is 11.5. The average Bonchev–Trinajstić information content (AvgIpc) is 3.00. The van der Waals surface area contributed by atoms with Crippen molar-refractivity contribution in [2.24, 2.45) is 11.8 Å². The van der Waals surface area contributed by atoms with Gasteiger partial charge in [0, 0.05) is 18.0 Å². The summed E-state index contributed by atoms with van der Waals surface area (Å²) < 4.78 is 0. The Bertz CT molecular complexity index is 1160. The van der Waals surface area contributed by atoms with Crippen LogP contribution in [0.5, 0.6) is 5.75 Å². The van der Waals surface area contributed by atoms with Gasteiger partial charge >= 0.3 is 5.97 Å². The van der Waals surface area contributed by atoms with Gasteiger partial charge in [0.15, 0.2) is 0 Å². The molecule has 1 aromatic carbocycles. The number of Topliss-reactive ketones (excluding diaryl/α,β-unsaturated/α-hetero) is 1. The number of carboxylic acid groups (broad SMARTS) is 1. The SMILES string of the molecule is CC/C=C\C/C=C\C/C=C\C/C=C\C/C=C\CCCCS[C@@H](CC)C(=O)CC(CC(C)C)C(=O)Nc1ccc(O)c(C(=O)O)c1. The summed E-state index contributed by atoms with van der Waals surface area (Å²) in [5.41, 5.74) is -0.00147. The van der Waals surface area contributed by atoms with Crippen molar-refractivity contribution >= 4 is 35.1 Å². The predicted molar refractivity (Wildman–Crippen MR) is 191 cm³/mol. The third-order valence-corrected chi connectivity index (χ3v) is 8.56. The molecule has 1 rings (SSSR count). The Morgan fingerprint density at radius 2 is 1.42 bits per heavy atom. The third-order valence-electron chi connectivity index (χ3n) is 7.04. The molecule has 6 nitrogen and oxygen atoms in total. The number of benzene rings is 1. The fourth-order valence-corrected chi connectivity index (χ4v) is 5.83. The van der Waals surface area contributed by atoms with Crippen LogP contribution in [0.4, 0.5) is 5.69 Å². The molecule has 0 spiro atoms. The predicted octanol–water partition coefficient (Wildman–Crippen LogP) is 10.1. The first-order valence-corrected chi connectivity index (χ1v) is 17.5. The van der Waals surface area contributed by atoms with E-state index in [9.17, 15) is 24.6 Å². The standard InChI is InChI=1S/C38H55NO5S/c1-5-7-8-9-10-11-12-13-14-15-16-17-18-19-20-21-22-23-26-45-36(6-2)35(41)28-31(27-30(3)4)37(42)39-32-24-25-34(40)33(29-32)38(43)44/h7-8,10-11,13-14,16-17,19-20,24-25,29-31,36,40H,5-6,9,12,15,18,21-23,26-28H2,1-4H3,(H,39,42)(H,43,44)/b8-7-,11-10-,14-13-,17-16-,20-19-/t31?,36-/m0/s1. The van der Waals surface area contributed by atoms with E-state index in [-0.39, 0.29) is 46.3 Å². The van der Waals surface area contributed by atoms with E-state index in [1.165, 1.54) is 18.2 Å². The van der Waals surface area contributed by atoms with Crippen LogP contribution in [0.15, 0.2) is 79.0 Å². The summed E-state index contributed by atoms with van der Waals surface area (Å²) in [5.74, 6) is -1.26. The Morgan fingerprint density at radius 1 is 0.844 bits per heavy atom. The Morgan fingerprint density at radius 3 is 1.96 bits per heavy atom. The molecule has 0 radical (unpaired) electrons. The highest BCUT2D eigenvalue weighted by atomic mass is 32.2. The molecular formula is C38H55NO5S. The number of aromatic carboxylic acids is 1. The van der Waals surface area contributed by atoms with Crippen LogP contribution in [0.25, 0.3) is 0 Å². The Hall–Kier alpha value is -3.32. The quantitative estimate of drug-likeness (QED) is 0.0592. The van der Waals surface area contributed by atoms with Crippen molar-refractivity contribution < 1.29 is 24.6 Å². The third kappa shape index (κ3) is 18.9. The monoisotopic (exact) mass is 637 g/mol. The summed E-state index contributed by atoms with van der Waals surface area (Å²) in [6, 6.07) is 3.93. The zero-order valence-corrected chi connectivity index (χ0v) is 28.6. The molecule has 45 heavy (non-hydrogen) atoms. The zero-order valence-electron chi connectivity index (χ0n) is 27.8. The molecule has 1 unspecified atom stereocenters. The van der Waals surface area contributed by atoms with Gasteiger partial charge in [-0.2, -0.15) is 11.8 Å². The van der Waals surface area contributed by atoms with Gasteiger partial charge in [-0.15, -0.1) is 0 Å². The molecule has 2 atom stereocenters. The number of hydrogen-bond donors (Lipinski definition) is 3. The number of aromatic hydroxyl groups is 1. The van der Waals surface area contributed by atoms with Crippen molar-refractivity contribution in [1.29, 1.82) is 0 Å². The lowest BCUT2D eigenvalue weighted by Gasteiger charge is -2.21. The number of carbonyl (C=O) groups is 3. The molecule has 7 heteroatoms. The van der Waals surface area contributed by atoms with Gasteiger partial charge in [-0.3, -0.25) is 9.59 Å². The molecule has 248 valence electrons. The maximum atomic E-state index is 13.2. The fraction of sp³-hybridized carbons (Fsp3) is 0.500. The highest BCUT2D eigenvalue weighted by molar-refractivity contribution is 8.00. The molecule has 3 N–H and O–H groups in total. The zero-order chi connectivity index (χ0) is 33.3. The van der Waals surface area contributed by atoms with E-state index in [4.69, 9.17) is 0 Å². The normalized spacial score (nSPS) is 13.6. The van der Waals surface area contributed by atoms with Gasteiger partial charge in [-0.25, -0.2) is 4.79 Å². The van der Waals surface area contributed by atoms with Gasteiger partial charge in [0.05, 0.1) is 5.25 Å². The van der Waals surface area contributed by atoms with Crippen molar-refractivity contribution in [3.63, 3.8) is 0 Å². The summed E-state index contributed by atoms with van der Waals surface area (Å²) in [4.78, 5) is 37.6. The smallest absolute Gasteiger partial charge is 0.339 e. The highest BCUT2D eigenvalue weighted by Gasteiger charge is 2.27. The van der Waals surface area contributed by atoms with Crippen LogP contribution in [-0.2, 0) is 9.59 Å². The second-order valence-corrected chi connectivity index (χ2v) is 12.8. The number of ketones is 1. The largest absolute Gasteiger partial charge is 0.507 e. The van der Waals surface area contributed by atoms with Crippen LogP contribution < -0.4 is 5.32 Å². The second kappa shape index (κ2) is 24.9. The number of amides is 1. The first kappa shape index (κ1) is 39.7. The van der Waals surface area contributed by atoms with Crippen molar-refractivity contribution in [2.75, 3.05) is 11.1 Å². The molecule has 1 amide bonds.